The van der Waals surface area contributed by atoms with Gasteiger partial charge in [0, 0.05) is 0 Å². The van der Waals surface area contributed by atoms with Crippen molar-refractivity contribution >= 4 is 0 Å². The first kappa shape index (κ1) is 6.27. The van der Waals surface area contributed by atoms with E-state index in [1.807, 2.05) is 5.57 Å². The molecule has 5 fully saturated rings. The fourth-order valence-electron chi connectivity index (χ4n) is 6.36. The summed E-state index contributed by atoms with van der Waals surface area (Å²) in [6, 6.07) is 0. The molecule has 0 nitrogen and oxygen atoms in total. The van der Waals surface area contributed by atoms with Crippen LogP contribution in [-0.4, -0.2) is 0 Å². The van der Waals surface area contributed by atoms with E-state index in [0.29, 0.717) is 0 Å². The van der Waals surface area contributed by atoms with Crippen LogP contribution in [0.25, 0.3) is 0 Å². The lowest BCUT2D eigenvalue weighted by atomic mass is 9.30. The summed E-state index contributed by atoms with van der Waals surface area (Å²) in [5, 5.41) is 0. The molecule has 68 valence electrons. The van der Waals surface area contributed by atoms with Gasteiger partial charge in [-0.25, -0.2) is 0 Å². The van der Waals surface area contributed by atoms with Gasteiger partial charge in [-0.3, -0.25) is 0 Å². The molecule has 6 bridgehead atoms. The Balaban J connectivity index is 1.86. The van der Waals surface area contributed by atoms with Gasteiger partial charge < -0.3 is 0 Å². The Morgan fingerprint density at radius 2 is 2.23 bits per heavy atom. The summed E-state index contributed by atoms with van der Waals surface area (Å²) in [5.41, 5.74) is 3.67. The molecule has 0 radical (unpaired) electrons. The lowest BCUT2D eigenvalue weighted by Crippen LogP contribution is -2.68. The molecule has 5 atom stereocenters. The second-order valence-corrected chi connectivity index (χ2v) is 6.38. The maximum Gasteiger partial charge on any atom is -0.0141 e. The summed E-state index contributed by atoms with van der Waals surface area (Å²) in [5.74, 6) is 3.40. The largest absolute Gasteiger partial charge is 0.0816 e. The second-order valence-electron chi connectivity index (χ2n) is 6.38. The Morgan fingerprint density at radius 1 is 1.23 bits per heavy atom. The molecule has 2 spiro atoms. The van der Waals surface area contributed by atoms with Gasteiger partial charge in [-0.05, 0) is 67.1 Å². The van der Waals surface area contributed by atoms with E-state index in [-0.39, 0.29) is 0 Å². The Hall–Kier alpha value is -0.260. The van der Waals surface area contributed by atoms with Crippen molar-refractivity contribution in [2.24, 2.45) is 28.6 Å². The van der Waals surface area contributed by atoms with Crippen molar-refractivity contribution in [1.82, 2.24) is 0 Å². The lowest BCUT2D eigenvalue weighted by Gasteiger charge is -2.74. The minimum atomic E-state index is 0.900. The van der Waals surface area contributed by atoms with Crippen molar-refractivity contribution in [2.75, 3.05) is 0 Å². The maximum atomic E-state index is 2.70. The van der Waals surface area contributed by atoms with Crippen LogP contribution in [0.15, 0.2) is 11.6 Å². The quantitative estimate of drug-likeness (QED) is 0.492. The van der Waals surface area contributed by atoms with Gasteiger partial charge in [-0.15, -0.1) is 0 Å². The Bertz CT molecular complexity index is 353. The number of hydrogen-bond donors (Lipinski definition) is 0. The highest BCUT2D eigenvalue weighted by Gasteiger charge is 2.82. The highest BCUT2D eigenvalue weighted by atomic mass is 14.9. The Labute approximate surface area is 79.4 Å². The van der Waals surface area contributed by atoms with E-state index in [2.05, 4.69) is 6.08 Å². The van der Waals surface area contributed by atoms with Crippen LogP contribution in [0.2, 0.25) is 0 Å². The van der Waals surface area contributed by atoms with Crippen LogP contribution < -0.4 is 0 Å². The van der Waals surface area contributed by atoms with Gasteiger partial charge in [0.05, 0.1) is 0 Å². The summed E-state index contributed by atoms with van der Waals surface area (Å²) in [7, 11) is 0. The highest BCUT2D eigenvalue weighted by molar-refractivity contribution is 5.40. The summed E-state index contributed by atoms with van der Waals surface area (Å²) in [6.07, 6.45) is 12.1. The van der Waals surface area contributed by atoms with Crippen molar-refractivity contribution in [3.63, 3.8) is 0 Å². The van der Waals surface area contributed by atoms with E-state index < -0.39 is 0 Å². The molecule has 5 unspecified atom stereocenters. The van der Waals surface area contributed by atoms with Crippen molar-refractivity contribution in [3.05, 3.63) is 11.6 Å². The molecule has 0 N–H and O–H groups in total. The van der Waals surface area contributed by atoms with Crippen molar-refractivity contribution in [2.45, 2.75) is 38.5 Å². The normalized spacial score (nSPS) is 69.5. The van der Waals surface area contributed by atoms with Crippen molar-refractivity contribution < 1.29 is 0 Å². The first-order valence-corrected chi connectivity index (χ1v) is 6.05. The van der Waals surface area contributed by atoms with Gasteiger partial charge in [-0.2, -0.15) is 0 Å². The average molecular weight is 172 g/mol. The number of rotatable bonds is 0. The van der Waals surface area contributed by atoms with Gasteiger partial charge >= 0.3 is 0 Å². The monoisotopic (exact) mass is 172 g/mol. The third-order valence-corrected chi connectivity index (χ3v) is 6.63. The van der Waals surface area contributed by atoms with E-state index in [1.54, 1.807) is 25.7 Å². The molecule has 0 saturated heterocycles. The molecule has 0 heteroatoms. The first-order chi connectivity index (χ1) is 6.35. The molecule has 0 aromatic carbocycles. The minimum Gasteiger partial charge on any atom is -0.0816 e. The SMILES string of the molecule is C1=C2CCC3CC4CC35C1CC45C2. The molecule has 0 aromatic heterocycles. The zero-order valence-corrected chi connectivity index (χ0v) is 8.05. The molecule has 8 rings (SSSR count). The van der Waals surface area contributed by atoms with Gasteiger partial charge in [0.25, 0.3) is 0 Å². The predicted molar refractivity (Wildman–Crippen MR) is 51.1 cm³/mol. The van der Waals surface area contributed by atoms with Crippen LogP contribution in [0.5, 0.6) is 0 Å². The molecule has 0 heterocycles. The second kappa shape index (κ2) is 1.43. The van der Waals surface area contributed by atoms with Crippen LogP contribution in [0.3, 0.4) is 0 Å². The van der Waals surface area contributed by atoms with Crippen molar-refractivity contribution in [1.29, 1.82) is 0 Å². The number of allylic oxidation sites excluding steroid dienone is 2. The topological polar surface area (TPSA) is 0 Å². The number of fused-ring (bicyclic) bond motifs is 1. The standard InChI is InChI=1S/C13H16/c1-2-9-4-10-7-13(9)11-3-8(1)5-12(10,13)6-11/h3,9-11H,1-2,4-7H2. The number of hydrogen-bond acceptors (Lipinski definition) is 0. The van der Waals surface area contributed by atoms with Gasteiger partial charge in [0.15, 0.2) is 0 Å². The van der Waals surface area contributed by atoms with E-state index in [1.165, 1.54) is 18.8 Å². The maximum absolute atomic E-state index is 2.70. The summed E-state index contributed by atoms with van der Waals surface area (Å²) in [4.78, 5) is 0. The molecule has 8 aliphatic rings. The Morgan fingerprint density at radius 3 is 3.23 bits per heavy atom. The van der Waals surface area contributed by atoms with Crippen LogP contribution in [-0.2, 0) is 0 Å². The van der Waals surface area contributed by atoms with E-state index in [4.69, 9.17) is 0 Å². The first-order valence-electron chi connectivity index (χ1n) is 6.05. The molecule has 8 aliphatic carbocycles. The van der Waals surface area contributed by atoms with Crippen LogP contribution in [0.4, 0.5) is 0 Å². The zero-order valence-electron chi connectivity index (χ0n) is 8.05. The summed E-state index contributed by atoms with van der Waals surface area (Å²) < 4.78 is 0. The average Bonchev–Trinajstić information content (AvgIpc) is 2.59. The molecule has 0 amide bonds. The van der Waals surface area contributed by atoms with Crippen LogP contribution in [0, 0.1) is 28.6 Å². The van der Waals surface area contributed by atoms with E-state index in [9.17, 15) is 0 Å². The zero-order chi connectivity index (χ0) is 8.26. The van der Waals surface area contributed by atoms with Gasteiger partial charge in [0.2, 0.25) is 0 Å². The van der Waals surface area contributed by atoms with Gasteiger partial charge in [-0.1, -0.05) is 11.6 Å². The fourth-order valence-corrected chi connectivity index (χ4v) is 6.36. The minimum absolute atomic E-state index is 0.900. The van der Waals surface area contributed by atoms with E-state index in [0.717, 1.165) is 22.7 Å². The van der Waals surface area contributed by atoms with Crippen molar-refractivity contribution in [3.8, 4) is 0 Å². The van der Waals surface area contributed by atoms with E-state index >= 15 is 0 Å². The molecule has 13 heavy (non-hydrogen) atoms. The summed E-state index contributed by atoms with van der Waals surface area (Å²) in [6.45, 7) is 0. The predicted octanol–water partition coefficient (Wildman–Crippen LogP) is 3.14. The fraction of sp³-hybridized carbons (Fsp3) is 0.846. The van der Waals surface area contributed by atoms with Crippen LogP contribution >= 0.6 is 0 Å². The highest BCUT2D eigenvalue weighted by Crippen LogP contribution is 2.90. The summed E-state index contributed by atoms with van der Waals surface area (Å²) >= 11 is 0. The third-order valence-electron chi connectivity index (χ3n) is 6.63. The molecule has 0 aromatic rings. The van der Waals surface area contributed by atoms with Gasteiger partial charge in [0.1, 0.15) is 0 Å². The molecule has 0 aliphatic heterocycles. The lowest BCUT2D eigenvalue weighted by molar-refractivity contribution is -0.235. The smallest absolute Gasteiger partial charge is 0.0141 e. The molecular weight excluding hydrogens is 156 g/mol. The third kappa shape index (κ3) is 0.372. The van der Waals surface area contributed by atoms with Crippen LogP contribution in [0.1, 0.15) is 38.5 Å². The Kier molecular flexibility index (Phi) is 0.691. The molecule has 5 saturated carbocycles. The molecular formula is C13H16.